The number of thioether (sulfide) groups is 1. The van der Waals surface area contributed by atoms with E-state index in [2.05, 4.69) is 20.4 Å². The summed E-state index contributed by atoms with van der Waals surface area (Å²) in [6.07, 6.45) is 0. The highest BCUT2D eigenvalue weighted by Crippen LogP contribution is 2.17. The maximum absolute atomic E-state index is 11.2. The molecule has 0 amide bonds. The minimum atomic E-state index is -0.309. The molecule has 1 rings (SSSR count). The zero-order valence-electron chi connectivity index (χ0n) is 10.5. The summed E-state index contributed by atoms with van der Waals surface area (Å²) in [6, 6.07) is 0. The highest BCUT2D eigenvalue weighted by atomic mass is 32.2. The summed E-state index contributed by atoms with van der Waals surface area (Å²) in [5.41, 5.74) is 2.36. The van der Waals surface area contributed by atoms with Crippen LogP contribution in [0.2, 0.25) is 0 Å². The second kappa shape index (κ2) is 6.97. The number of nitrogens with zero attached hydrogens (tertiary/aromatic N) is 4. The van der Waals surface area contributed by atoms with E-state index in [1.165, 1.54) is 11.8 Å². The largest absolute Gasteiger partial charge is 0.465 e. The fraction of sp³-hybridized carbons (Fsp3) is 0.556. The molecule has 100 valence electrons. The molecule has 0 aliphatic heterocycles. The van der Waals surface area contributed by atoms with Gasteiger partial charge in [0, 0.05) is 14.1 Å². The first-order chi connectivity index (χ1) is 8.56. The Kier molecular flexibility index (Phi) is 5.59. The Hall–Kier alpha value is -1.61. The van der Waals surface area contributed by atoms with Gasteiger partial charge in [-0.1, -0.05) is 11.8 Å². The number of nitrogens with one attached hydrogen (secondary N) is 1. The monoisotopic (exact) mass is 272 g/mol. The van der Waals surface area contributed by atoms with Crippen LogP contribution in [0.15, 0.2) is 5.16 Å². The van der Waals surface area contributed by atoms with Gasteiger partial charge in [0.15, 0.2) is 5.16 Å². The minimum absolute atomic E-state index is 0.148. The Balaban J connectivity index is 2.75. The summed E-state index contributed by atoms with van der Waals surface area (Å²) in [7, 11) is 3.60. The average molecular weight is 272 g/mol. The Morgan fingerprint density at radius 3 is 2.72 bits per heavy atom. The van der Waals surface area contributed by atoms with Crippen molar-refractivity contribution in [2.75, 3.05) is 36.8 Å². The lowest BCUT2D eigenvalue weighted by molar-refractivity contribution is -0.139. The summed E-state index contributed by atoms with van der Waals surface area (Å²) >= 11 is 1.17. The Bertz CT molecular complexity index is 414. The van der Waals surface area contributed by atoms with Crippen LogP contribution in [0, 0.1) is 0 Å². The molecule has 0 saturated heterocycles. The molecule has 0 spiro atoms. The van der Waals surface area contributed by atoms with Gasteiger partial charge in [-0.15, -0.1) is 0 Å². The van der Waals surface area contributed by atoms with Gasteiger partial charge < -0.3 is 9.64 Å². The number of rotatable bonds is 6. The summed E-state index contributed by atoms with van der Waals surface area (Å²) in [5, 5.41) is 0.412. The van der Waals surface area contributed by atoms with Crippen molar-refractivity contribution >= 4 is 29.6 Å². The second-order valence-electron chi connectivity index (χ2n) is 3.37. The molecule has 1 heterocycles. The molecule has 9 heteroatoms. The topological polar surface area (TPSA) is 106 Å². The fourth-order valence-corrected chi connectivity index (χ4v) is 1.63. The van der Waals surface area contributed by atoms with Gasteiger partial charge in [0.05, 0.1) is 12.4 Å². The highest BCUT2D eigenvalue weighted by Gasteiger charge is 2.10. The smallest absolute Gasteiger partial charge is 0.316 e. The first kappa shape index (κ1) is 14.5. The normalized spacial score (nSPS) is 10.0. The van der Waals surface area contributed by atoms with Crippen molar-refractivity contribution < 1.29 is 9.53 Å². The third kappa shape index (κ3) is 4.34. The van der Waals surface area contributed by atoms with Gasteiger partial charge in [0.25, 0.3) is 0 Å². The number of carbonyl (C=O) groups is 1. The molecular formula is C9H16N6O2S. The van der Waals surface area contributed by atoms with E-state index in [0.717, 1.165) is 0 Å². The number of hydrazine groups is 1. The van der Waals surface area contributed by atoms with Crippen molar-refractivity contribution in [3.63, 3.8) is 0 Å². The maximum atomic E-state index is 11.2. The number of nitrogens with two attached hydrogens (primary N) is 1. The van der Waals surface area contributed by atoms with Crippen molar-refractivity contribution in [1.29, 1.82) is 0 Å². The van der Waals surface area contributed by atoms with Gasteiger partial charge in [-0.2, -0.15) is 15.0 Å². The van der Waals surface area contributed by atoms with Crippen LogP contribution in [0.5, 0.6) is 0 Å². The summed E-state index contributed by atoms with van der Waals surface area (Å²) in [6.45, 7) is 2.11. The lowest BCUT2D eigenvalue weighted by atomic mass is 10.8. The SMILES string of the molecule is CCOC(=O)CSc1nc(NN)nc(N(C)C)n1. The standard InChI is InChI=1S/C9H16N6O2S/c1-4-17-6(16)5-18-9-12-7(14-10)11-8(13-9)15(2)3/h4-5,10H2,1-3H3,(H,11,12,13,14). The van der Waals surface area contributed by atoms with Crippen LogP contribution in [0.25, 0.3) is 0 Å². The second-order valence-corrected chi connectivity index (χ2v) is 4.32. The van der Waals surface area contributed by atoms with Gasteiger partial charge in [0.1, 0.15) is 0 Å². The molecule has 0 atom stereocenters. The van der Waals surface area contributed by atoms with Gasteiger partial charge in [0.2, 0.25) is 11.9 Å². The summed E-state index contributed by atoms with van der Waals surface area (Å²) < 4.78 is 4.82. The lowest BCUT2D eigenvalue weighted by Gasteiger charge is -2.11. The molecule has 3 N–H and O–H groups in total. The predicted molar refractivity (Wildman–Crippen MR) is 69.3 cm³/mol. The molecule has 0 aromatic carbocycles. The number of anilines is 2. The molecule has 1 aromatic heterocycles. The van der Waals surface area contributed by atoms with Crippen LogP contribution in [0.3, 0.4) is 0 Å². The molecule has 0 fully saturated rings. The van der Waals surface area contributed by atoms with Gasteiger partial charge in [-0.05, 0) is 6.92 Å². The first-order valence-corrected chi connectivity index (χ1v) is 6.23. The number of hydrogen-bond donors (Lipinski definition) is 2. The van der Waals surface area contributed by atoms with Crippen LogP contribution >= 0.6 is 11.8 Å². The van der Waals surface area contributed by atoms with E-state index in [9.17, 15) is 4.79 Å². The zero-order valence-corrected chi connectivity index (χ0v) is 11.3. The van der Waals surface area contributed by atoms with Crippen LogP contribution in [-0.2, 0) is 9.53 Å². The molecule has 0 aliphatic rings. The van der Waals surface area contributed by atoms with Crippen LogP contribution in [-0.4, -0.2) is 47.4 Å². The average Bonchev–Trinajstić information content (AvgIpc) is 2.36. The van der Waals surface area contributed by atoms with Crippen molar-refractivity contribution in [2.24, 2.45) is 5.84 Å². The predicted octanol–water partition coefficient (Wildman–Crippen LogP) is -0.122. The number of hydrogen-bond acceptors (Lipinski definition) is 9. The fourth-order valence-electron chi connectivity index (χ4n) is 1.00. The molecule has 0 radical (unpaired) electrons. The molecule has 0 aliphatic carbocycles. The lowest BCUT2D eigenvalue weighted by Crippen LogP contribution is -2.18. The number of nitrogen functional groups attached to an aromatic ring is 1. The van der Waals surface area contributed by atoms with E-state index in [1.807, 2.05) is 0 Å². The van der Waals surface area contributed by atoms with E-state index >= 15 is 0 Å². The Morgan fingerprint density at radius 1 is 1.44 bits per heavy atom. The minimum Gasteiger partial charge on any atom is -0.465 e. The molecule has 8 nitrogen and oxygen atoms in total. The number of esters is 1. The van der Waals surface area contributed by atoms with Crippen LogP contribution < -0.4 is 16.2 Å². The Labute approximate surface area is 109 Å². The summed E-state index contributed by atoms with van der Waals surface area (Å²) in [4.78, 5) is 25.2. The first-order valence-electron chi connectivity index (χ1n) is 5.25. The van der Waals surface area contributed by atoms with E-state index in [1.54, 1.807) is 25.9 Å². The molecule has 0 unspecified atom stereocenters. The van der Waals surface area contributed by atoms with E-state index in [0.29, 0.717) is 17.7 Å². The molecule has 1 aromatic rings. The maximum Gasteiger partial charge on any atom is 0.316 e. The van der Waals surface area contributed by atoms with Crippen LogP contribution in [0.1, 0.15) is 6.92 Å². The van der Waals surface area contributed by atoms with E-state index < -0.39 is 0 Å². The molecule has 18 heavy (non-hydrogen) atoms. The molecule has 0 saturated carbocycles. The number of carbonyl (C=O) groups excluding carboxylic acids is 1. The number of aromatic nitrogens is 3. The quantitative estimate of drug-likeness (QED) is 0.317. The van der Waals surface area contributed by atoms with Gasteiger partial charge >= 0.3 is 5.97 Å². The van der Waals surface area contributed by atoms with Gasteiger partial charge in [-0.25, -0.2) is 5.84 Å². The third-order valence-electron chi connectivity index (χ3n) is 1.76. The molecular weight excluding hydrogens is 256 g/mol. The van der Waals surface area contributed by atoms with Crippen molar-refractivity contribution in [2.45, 2.75) is 12.1 Å². The van der Waals surface area contributed by atoms with E-state index in [-0.39, 0.29) is 17.7 Å². The molecule has 0 bridgehead atoms. The number of ether oxygens (including phenoxy) is 1. The van der Waals surface area contributed by atoms with Crippen molar-refractivity contribution in [3.8, 4) is 0 Å². The van der Waals surface area contributed by atoms with Crippen molar-refractivity contribution in [1.82, 2.24) is 15.0 Å². The van der Waals surface area contributed by atoms with Crippen molar-refractivity contribution in [3.05, 3.63) is 0 Å². The van der Waals surface area contributed by atoms with Gasteiger partial charge in [-0.3, -0.25) is 10.2 Å². The third-order valence-corrected chi connectivity index (χ3v) is 2.58. The Morgan fingerprint density at radius 2 is 2.17 bits per heavy atom. The van der Waals surface area contributed by atoms with Crippen LogP contribution in [0.4, 0.5) is 11.9 Å². The zero-order chi connectivity index (χ0) is 13.5. The highest BCUT2D eigenvalue weighted by molar-refractivity contribution is 7.99. The summed E-state index contributed by atoms with van der Waals surface area (Å²) in [5.74, 6) is 5.82. The van der Waals surface area contributed by atoms with E-state index in [4.69, 9.17) is 10.6 Å².